The zero-order valence-corrected chi connectivity index (χ0v) is 15.5. The molecule has 2 heterocycles. The Morgan fingerprint density at radius 3 is 2.48 bits per heavy atom. The van der Waals surface area contributed by atoms with E-state index in [1.807, 2.05) is 43.4 Å². The van der Waals surface area contributed by atoms with Crippen molar-refractivity contribution in [3.05, 3.63) is 52.2 Å². The lowest BCUT2D eigenvalue weighted by molar-refractivity contribution is -0.128. The number of hydrogen-bond donors (Lipinski definition) is 0. The molecular formula is C19H18BrN3O2. The van der Waals surface area contributed by atoms with E-state index in [9.17, 15) is 10.1 Å². The maximum atomic E-state index is 12.5. The Kier molecular flexibility index (Phi) is 5.37. The first-order valence-electron chi connectivity index (χ1n) is 8.02. The average molecular weight is 400 g/mol. The number of halogens is 1. The molecule has 0 aliphatic carbocycles. The van der Waals surface area contributed by atoms with E-state index in [-0.39, 0.29) is 11.5 Å². The van der Waals surface area contributed by atoms with E-state index in [0.29, 0.717) is 24.6 Å². The number of likely N-dealkylation sites (N-methyl/N-ethyl adjacent to an activating group) is 1. The molecule has 1 aromatic heterocycles. The number of benzene rings is 1. The van der Waals surface area contributed by atoms with Gasteiger partial charge >= 0.3 is 0 Å². The molecule has 1 amide bonds. The minimum Gasteiger partial charge on any atom is -0.457 e. The van der Waals surface area contributed by atoms with Crippen LogP contribution in [0.1, 0.15) is 5.76 Å². The Labute approximate surface area is 155 Å². The summed E-state index contributed by atoms with van der Waals surface area (Å²) in [5.41, 5.74) is 1.04. The summed E-state index contributed by atoms with van der Waals surface area (Å²) in [6.45, 7) is 2.91. The van der Waals surface area contributed by atoms with Gasteiger partial charge in [-0.15, -0.1) is 0 Å². The second-order valence-corrected chi connectivity index (χ2v) is 6.89. The highest BCUT2D eigenvalue weighted by Crippen LogP contribution is 2.25. The SMILES string of the molecule is CN1CCN(C(=O)C(C#N)=Cc2ccc(-c3ccc(Br)cc3)o2)CC1. The van der Waals surface area contributed by atoms with E-state index in [2.05, 4.69) is 20.8 Å². The van der Waals surface area contributed by atoms with Gasteiger partial charge in [0, 0.05) is 42.3 Å². The Morgan fingerprint density at radius 2 is 1.84 bits per heavy atom. The van der Waals surface area contributed by atoms with Crippen LogP contribution in [0.5, 0.6) is 0 Å². The smallest absolute Gasteiger partial charge is 0.264 e. The first kappa shape index (κ1) is 17.5. The Bertz CT molecular complexity index is 825. The largest absolute Gasteiger partial charge is 0.457 e. The van der Waals surface area contributed by atoms with Crippen LogP contribution in [0.4, 0.5) is 0 Å². The van der Waals surface area contributed by atoms with Gasteiger partial charge in [-0.05, 0) is 31.3 Å². The molecule has 1 saturated heterocycles. The standard InChI is InChI=1S/C19H18BrN3O2/c1-22-8-10-23(11-9-22)19(24)15(13-21)12-17-6-7-18(25-17)14-2-4-16(20)5-3-14/h2-7,12H,8-11H2,1H3. The molecule has 3 rings (SSSR count). The molecule has 6 heteroatoms. The fourth-order valence-electron chi connectivity index (χ4n) is 2.66. The predicted octanol–water partition coefficient (Wildman–Crippen LogP) is 3.39. The number of hydrogen-bond acceptors (Lipinski definition) is 4. The van der Waals surface area contributed by atoms with Crippen molar-refractivity contribution in [2.24, 2.45) is 0 Å². The molecule has 0 saturated carbocycles. The second kappa shape index (κ2) is 7.68. The van der Waals surface area contributed by atoms with Crippen LogP contribution < -0.4 is 0 Å². The van der Waals surface area contributed by atoms with Crippen molar-refractivity contribution in [1.82, 2.24) is 9.80 Å². The lowest BCUT2D eigenvalue weighted by atomic mass is 10.2. The van der Waals surface area contributed by atoms with E-state index in [4.69, 9.17) is 4.42 Å². The highest BCUT2D eigenvalue weighted by molar-refractivity contribution is 9.10. The van der Waals surface area contributed by atoms with Gasteiger partial charge in [0.2, 0.25) is 0 Å². The van der Waals surface area contributed by atoms with Gasteiger partial charge in [0.15, 0.2) is 0 Å². The van der Waals surface area contributed by atoms with Gasteiger partial charge in [-0.25, -0.2) is 0 Å². The minimum atomic E-state index is -0.239. The maximum absolute atomic E-state index is 12.5. The van der Waals surface area contributed by atoms with Crippen molar-refractivity contribution in [2.45, 2.75) is 0 Å². The summed E-state index contributed by atoms with van der Waals surface area (Å²) in [7, 11) is 2.02. The zero-order valence-electron chi connectivity index (χ0n) is 13.9. The summed E-state index contributed by atoms with van der Waals surface area (Å²) < 4.78 is 6.77. The van der Waals surface area contributed by atoms with Crippen molar-refractivity contribution in [2.75, 3.05) is 33.2 Å². The summed E-state index contributed by atoms with van der Waals surface area (Å²) >= 11 is 3.40. The van der Waals surface area contributed by atoms with Crippen LogP contribution in [0.3, 0.4) is 0 Å². The second-order valence-electron chi connectivity index (χ2n) is 5.97. The van der Waals surface area contributed by atoms with Gasteiger partial charge in [0.05, 0.1) is 0 Å². The summed E-state index contributed by atoms with van der Waals surface area (Å²) in [6, 6.07) is 13.4. The van der Waals surface area contributed by atoms with Gasteiger partial charge < -0.3 is 14.2 Å². The van der Waals surface area contributed by atoms with Gasteiger partial charge in [-0.1, -0.05) is 28.1 Å². The molecule has 5 nitrogen and oxygen atoms in total. The molecule has 25 heavy (non-hydrogen) atoms. The molecule has 1 fully saturated rings. The van der Waals surface area contributed by atoms with Crippen LogP contribution in [-0.2, 0) is 4.79 Å². The Morgan fingerprint density at radius 1 is 1.16 bits per heavy atom. The lowest BCUT2D eigenvalue weighted by Gasteiger charge is -2.32. The number of amides is 1. The molecule has 1 aliphatic rings. The van der Waals surface area contributed by atoms with E-state index < -0.39 is 0 Å². The molecule has 1 aromatic carbocycles. The average Bonchev–Trinajstić information content (AvgIpc) is 3.09. The Balaban J connectivity index is 1.77. The highest BCUT2D eigenvalue weighted by atomic mass is 79.9. The third-order valence-electron chi connectivity index (χ3n) is 4.18. The van der Waals surface area contributed by atoms with E-state index >= 15 is 0 Å². The molecule has 0 atom stereocenters. The van der Waals surface area contributed by atoms with Gasteiger partial charge in [-0.3, -0.25) is 4.79 Å². The van der Waals surface area contributed by atoms with Gasteiger partial charge in [0.1, 0.15) is 23.2 Å². The molecule has 2 aromatic rings. The fourth-order valence-corrected chi connectivity index (χ4v) is 2.93. The summed E-state index contributed by atoms with van der Waals surface area (Å²) in [6.07, 6.45) is 1.52. The number of rotatable bonds is 3. The van der Waals surface area contributed by atoms with Crippen molar-refractivity contribution in [3.63, 3.8) is 0 Å². The predicted molar refractivity (Wildman–Crippen MR) is 99.5 cm³/mol. The molecule has 0 radical (unpaired) electrons. The van der Waals surface area contributed by atoms with E-state index in [1.165, 1.54) is 6.08 Å². The van der Waals surface area contributed by atoms with Crippen molar-refractivity contribution < 1.29 is 9.21 Å². The normalized spacial score (nSPS) is 15.9. The van der Waals surface area contributed by atoms with Crippen molar-refractivity contribution in [1.29, 1.82) is 5.26 Å². The first-order valence-corrected chi connectivity index (χ1v) is 8.81. The van der Waals surface area contributed by atoms with Gasteiger partial charge in [0.25, 0.3) is 5.91 Å². The van der Waals surface area contributed by atoms with Crippen LogP contribution in [-0.4, -0.2) is 48.9 Å². The number of piperazine rings is 1. The fraction of sp³-hybridized carbons (Fsp3) is 0.263. The highest BCUT2D eigenvalue weighted by Gasteiger charge is 2.22. The minimum absolute atomic E-state index is 0.0984. The molecule has 0 N–H and O–H groups in total. The first-order chi connectivity index (χ1) is 12.1. The van der Waals surface area contributed by atoms with Crippen LogP contribution in [0.2, 0.25) is 0 Å². The van der Waals surface area contributed by atoms with Crippen LogP contribution in [0.25, 0.3) is 17.4 Å². The van der Waals surface area contributed by atoms with Crippen LogP contribution in [0.15, 0.2) is 50.9 Å². The molecule has 128 valence electrons. The number of nitriles is 1. The monoisotopic (exact) mass is 399 g/mol. The Hall–Kier alpha value is -2.36. The van der Waals surface area contributed by atoms with Crippen molar-refractivity contribution in [3.8, 4) is 17.4 Å². The number of carbonyl (C=O) groups excluding carboxylic acids is 1. The molecule has 0 bridgehead atoms. The number of furan rings is 1. The third kappa shape index (κ3) is 4.19. The van der Waals surface area contributed by atoms with E-state index in [1.54, 1.807) is 11.0 Å². The summed E-state index contributed by atoms with van der Waals surface area (Å²) in [5.74, 6) is 0.956. The number of carbonyl (C=O) groups is 1. The zero-order chi connectivity index (χ0) is 17.8. The number of nitrogens with zero attached hydrogens (tertiary/aromatic N) is 3. The van der Waals surface area contributed by atoms with Crippen LogP contribution in [0, 0.1) is 11.3 Å². The molecule has 0 spiro atoms. The van der Waals surface area contributed by atoms with Crippen molar-refractivity contribution >= 4 is 27.9 Å². The van der Waals surface area contributed by atoms with Crippen LogP contribution >= 0.6 is 15.9 Å². The molecular weight excluding hydrogens is 382 g/mol. The van der Waals surface area contributed by atoms with Gasteiger partial charge in [-0.2, -0.15) is 5.26 Å². The molecule has 1 aliphatic heterocycles. The quantitative estimate of drug-likeness (QED) is 0.586. The summed E-state index contributed by atoms with van der Waals surface area (Å²) in [4.78, 5) is 16.4. The lowest BCUT2D eigenvalue weighted by Crippen LogP contribution is -2.47. The van der Waals surface area contributed by atoms with E-state index in [0.717, 1.165) is 23.1 Å². The maximum Gasteiger partial charge on any atom is 0.264 e. The topological polar surface area (TPSA) is 60.5 Å². The molecule has 0 unspecified atom stereocenters. The summed E-state index contributed by atoms with van der Waals surface area (Å²) in [5, 5.41) is 9.37. The third-order valence-corrected chi connectivity index (χ3v) is 4.71.